The second-order valence-corrected chi connectivity index (χ2v) is 6.96. The Kier molecular flexibility index (Phi) is 5.82. The van der Waals surface area contributed by atoms with Crippen molar-refractivity contribution in [2.24, 2.45) is 0 Å². The molecule has 1 saturated heterocycles. The molecule has 3 rings (SSSR count). The van der Waals surface area contributed by atoms with E-state index in [1.165, 1.54) is 16.7 Å². The van der Waals surface area contributed by atoms with Crippen molar-refractivity contribution in [3.05, 3.63) is 59.2 Å². The normalized spacial score (nSPS) is 14.4. The van der Waals surface area contributed by atoms with Gasteiger partial charge >= 0.3 is 0 Å². The van der Waals surface area contributed by atoms with Gasteiger partial charge in [0, 0.05) is 32.6 Å². The van der Waals surface area contributed by atoms with E-state index in [0.717, 1.165) is 44.0 Å². The summed E-state index contributed by atoms with van der Waals surface area (Å²) in [7, 11) is 1.70. The first-order chi connectivity index (χ1) is 12.6. The van der Waals surface area contributed by atoms with Crippen LogP contribution in [-0.4, -0.2) is 44.1 Å². The molecule has 0 unspecified atom stereocenters. The fraction of sp³-hybridized carbons (Fsp3) is 0.409. The Balaban J connectivity index is 1.52. The highest BCUT2D eigenvalue weighted by Gasteiger charge is 2.22. The number of methoxy groups -OCH3 is 1. The summed E-state index contributed by atoms with van der Waals surface area (Å²) < 4.78 is 5.46. The Labute approximate surface area is 156 Å². The van der Waals surface area contributed by atoms with Crippen LogP contribution >= 0.6 is 0 Å². The Bertz CT molecular complexity index is 764. The number of hydrogen-bond acceptors (Lipinski definition) is 3. The van der Waals surface area contributed by atoms with Crippen molar-refractivity contribution in [1.29, 1.82) is 0 Å². The molecular weight excluding hydrogens is 324 g/mol. The number of carbonyl (C=O) groups excluding carboxylic acids is 1. The third-order valence-electron chi connectivity index (χ3n) is 5.26. The zero-order chi connectivity index (χ0) is 18.5. The molecule has 138 valence electrons. The summed E-state index contributed by atoms with van der Waals surface area (Å²) in [6, 6.07) is 14.5. The van der Waals surface area contributed by atoms with Gasteiger partial charge in [-0.3, -0.25) is 4.79 Å². The second-order valence-electron chi connectivity index (χ2n) is 6.96. The second kappa shape index (κ2) is 8.26. The van der Waals surface area contributed by atoms with E-state index >= 15 is 0 Å². The number of rotatable bonds is 5. The van der Waals surface area contributed by atoms with Crippen LogP contribution in [0.25, 0.3) is 0 Å². The lowest BCUT2D eigenvalue weighted by molar-refractivity contribution is -0.131. The molecule has 1 heterocycles. The summed E-state index contributed by atoms with van der Waals surface area (Å²) in [5, 5.41) is 0. The molecular formula is C22H28N2O2. The van der Waals surface area contributed by atoms with Gasteiger partial charge < -0.3 is 14.5 Å². The zero-order valence-corrected chi connectivity index (χ0v) is 16.0. The molecule has 2 aromatic rings. The van der Waals surface area contributed by atoms with Gasteiger partial charge in [-0.2, -0.15) is 0 Å². The number of benzene rings is 2. The molecule has 1 aliphatic rings. The molecule has 0 aromatic heterocycles. The highest BCUT2D eigenvalue weighted by atomic mass is 16.5. The number of para-hydroxylation sites is 2. The van der Waals surface area contributed by atoms with Crippen LogP contribution in [0.4, 0.5) is 5.69 Å². The van der Waals surface area contributed by atoms with Gasteiger partial charge in [-0.15, -0.1) is 0 Å². The summed E-state index contributed by atoms with van der Waals surface area (Å²) >= 11 is 0. The van der Waals surface area contributed by atoms with Crippen molar-refractivity contribution in [2.75, 3.05) is 38.2 Å². The Morgan fingerprint density at radius 3 is 2.42 bits per heavy atom. The van der Waals surface area contributed by atoms with Crippen molar-refractivity contribution in [2.45, 2.75) is 26.7 Å². The van der Waals surface area contributed by atoms with Gasteiger partial charge in [0.1, 0.15) is 5.75 Å². The van der Waals surface area contributed by atoms with Gasteiger partial charge in [0.05, 0.1) is 12.8 Å². The Hall–Kier alpha value is -2.49. The highest BCUT2D eigenvalue weighted by molar-refractivity contribution is 5.77. The predicted molar refractivity (Wildman–Crippen MR) is 106 cm³/mol. The topological polar surface area (TPSA) is 32.8 Å². The number of piperazine rings is 1. The fourth-order valence-corrected chi connectivity index (χ4v) is 3.46. The SMILES string of the molecule is COc1ccccc1N1CCN(C(=O)CCc2ccc(C)c(C)c2)CC1. The van der Waals surface area contributed by atoms with E-state index in [2.05, 4.69) is 43.0 Å². The summed E-state index contributed by atoms with van der Waals surface area (Å²) in [6.45, 7) is 7.46. The predicted octanol–water partition coefficient (Wildman–Crippen LogP) is 3.59. The molecule has 0 bridgehead atoms. The van der Waals surface area contributed by atoms with E-state index in [1.54, 1.807) is 7.11 Å². The minimum Gasteiger partial charge on any atom is -0.495 e. The first-order valence-electron chi connectivity index (χ1n) is 9.30. The minimum absolute atomic E-state index is 0.253. The van der Waals surface area contributed by atoms with E-state index in [9.17, 15) is 4.79 Å². The smallest absolute Gasteiger partial charge is 0.223 e. The average molecular weight is 352 g/mol. The lowest BCUT2D eigenvalue weighted by Gasteiger charge is -2.36. The maximum atomic E-state index is 12.6. The number of carbonyl (C=O) groups is 1. The van der Waals surface area contributed by atoms with Crippen LogP contribution < -0.4 is 9.64 Å². The van der Waals surface area contributed by atoms with Crippen molar-refractivity contribution < 1.29 is 9.53 Å². The summed E-state index contributed by atoms with van der Waals surface area (Å²) in [6.07, 6.45) is 1.39. The zero-order valence-electron chi connectivity index (χ0n) is 16.0. The van der Waals surface area contributed by atoms with E-state index in [-0.39, 0.29) is 5.91 Å². The van der Waals surface area contributed by atoms with Crippen LogP contribution in [0.15, 0.2) is 42.5 Å². The summed E-state index contributed by atoms with van der Waals surface area (Å²) in [5.74, 6) is 1.14. The van der Waals surface area contributed by atoms with Gasteiger partial charge in [-0.05, 0) is 49.1 Å². The van der Waals surface area contributed by atoms with Gasteiger partial charge in [-0.1, -0.05) is 30.3 Å². The summed E-state index contributed by atoms with van der Waals surface area (Å²) in [4.78, 5) is 16.9. The van der Waals surface area contributed by atoms with Crippen LogP contribution in [0, 0.1) is 13.8 Å². The van der Waals surface area contributed by atoms with E-state index < -0.39 is 0 Å². The molecule has 1 amide bonds. The molecule has 4 heteroatoms. The fourth-order valence-electron chi connectivity index (χ4n) is 3.46. The number of hydrogen-bond donors (Lipinski definition) is 0. The van der Waals surface area contributed by atoms with Gasteiger partial charge in [0.15, 0.2) is 0 Å². The van der Waals surface area contributed by atoms with Crippen molar-refractivity contribution in [3.63, 3.8) is 0 Å². The minimum atomic E-state index is 0.253. The molecule has 0 spiro atoms. The van der Waals surface area contributed by atoms with Gasteiger partial charge in [-0.25, -0.2) is 0 Å². The quantitative estimate of drug-likeness (QED) is 0.824. The van der Waals surface area contributed by atoms with Crippen LogP contribution in [0.1, 0.15) is 23.1 Å². The molecule has 26 heavy (non-hydrogen) atoms. The first kappa shape index (κ1) is 18.3. The van der Waals surface area contributed by atoms with Crippen LogP contribution in [0.3, 0.4) is 0 Å². The number of nitrogens with zero attached hydrogens (tertiary/aromatic N) is 2. The molecule has 1 fully saturated rings. The Morgan fingerprint density at radius 2 is 1.73 bits per heavy atom. The lowest BCUT2D eigenvalue weighted by atomic mass is 10.0. The lowest BCUT2D eigenvalue weighted by Crippen LogP contribution is -2.48. The number of ether oxygens (including phenoxy) is 1. The van der Waals surface area contributed by atoms with Crippen LogP contribution in [0.2, 0.25) is 0 Å². The third-order valence-corrected chi connectivity index (χ3v) is 5.26. The van der Waals surface area contributed by atoms with Crippen LogP contribution in [-0.2, 0) is 11.2 Å². The van der Waals surface area contributed by atoms with Crippen LogP contribution in [0.5, 0.6) is 5.75 Å². The maximum Gasteiger partial charge on any atom is 0.223 e. The largest absolute Gasteiger partial charge is 0.495 e. The van der Waals surface area contributed by atoms with Crippen molar-refractivity contribution in [3.8, 4) is 5.75 Å². The average Bonchev–Trinajstić information content (AvgIpc) is 2.68. The monoisotopic (exact) mass is 352 g/mol. The third kappa shape index (κ3) is 4.18. The molecule has 0 atom stereocenters. The first-order valence-corrected chi connectivity index (χ1v) is 9.30. The van der Waals surface area contributed by atoms with Gasteiger partial charge in [0.25, 0.3) is 0 Å². The molecule has 4 nitrogen and oxygen atoms in total. The number of aryl methyl sites for hydroxylation is 3. The molecule has 2 aromatic carbocycles. The van der Waals surface area contributed by atoms with Crippen molar-refractivity contribution in [1.82, 2.24) is 4.90 Å². The van der Waals surface area contributed by atoms with E-state index in [4.69, 9.17) is 4.74 Å². The standard InChI is InChI=1S/C22H28N2O2/c1-17-8-9-19(16-18(17)2)10-11-22(25)24-14-12-23(13-15-24)20-6-4-5-7-21(20)26-3/h4-9,16H,10-15H2,1-3H3. The molecule has 0 aliphatic carbocycles. The van der Waals surface area contributed by atoms with E-state index in [0.29, 0.717) is 6.42 Å². The highest BCUT2D eigenvalue weighted by Crippen LogP contribution is 2.28. The molecule has 0 N–H and O–H groups in total. The van der Waals surface area contributed by atoms with E-state index in [1.807, 2.05) is 23.1 Å². The number of amides is 1. The Morgan fingerprint density at radius 1 is 1.00 bits per heavy atom. The van der Waals surface area contributed by atoms with Crippen molar-refractivity contribution >= 4 is 11.6 Å². The summed E-state index contributed by atoms with van der Waals surface area (Å²) in [5.41, 5.74) is 4.94. The molecule has 0 saturated carbocycles. The molecule has 0 radical (unpaired) electrons. The van der Waals surface area contributed by atoms with Gasteiger partial charge in [0.2, 0.25) is 5.91 Å². The maximum absolute atomic E-state index is 12.6. The molecule has 1 aliphatic heterocycles. The number of anilines is 1.